The number of rotatable bonds is 8. The van der Waals surface area contributed by atoms with Crippen LogP contribution in [-0.2, 0) is 14.3 Å². The Labute approximate surface area is 110 Å². The number of hydrogen-bond donors (Lipinski definition) is 1. The fourth-order valence-corrected chi connectivity index (χ4v) is 2.56. The van der Waals surface area contributed by atoms with Gasteiger partial charge in [-0.3, -0.25) is 4.79 Å². The zero-order chi connectivity index (χ0) is 13.4. The normalized spacial score (nSPS) is 27.4. The number of carbonyl (C=O) groups is 1. The molecule has 0 aromatic rings. The Hall–Kier alpha value is -0.610. The summed E-state index contributed by atoms with van der Waals surface area (Å²) >= 11 is 0. The molecule has 18 heavy (non-hydrogen) atoms. The van der Waals surface area contributed by atoms with Crippen molar-refractivity contribution >= 4 is 5.97 Å². The Kier molecular flexibility index (Phi) is 6.65. The van der Waals surface area contributed by atoms with Crippen LogP contribution in [0.2, 0.25) is 0 Å². The molecule has 1 fully saturated rings. The lowest BCUT2D eigenvalue weighted by atomic mass is 9.97. The standard InChI is InChI=1S/C14H27NO3/c1-4-7-10-18-12-8-9-14(11-12,15-5-2)13(16)17-6-3/h12,15H,4-11H2,1-3H3. The van der Waals surface area contributed by atoms with Gasteiger partial charge in [0.15, 0.2) is 0 Å². The van der Waals surface area contributed by atoms with Gasteiger partial charge in [-0.15, -0.1) is 0 Å². The molecule has 2 atom stereocenters. The van der Waals surface area contributed by atoms with E-state index in [4.69, 9.17) is 9.47 Å². The summed E-state index contributed by atoms with van der Waals surface area (Å²) in [5, 5.41) is 3.31. The zero-order valence-electron chi connectivity index (χ0n) is 12.0. The first kappa shape index (κ1) is 15.4. The molecule has 1 rings (SSSR count). The summed E-state index contributed by atoms with van der Waals surface area (Å²) in [7, 11) is 0. The molecule has 0 amide bonds. The molecular formula is C14H27NO3. The van der Waals surface area contributed by atoms with Crippen LogP contribution in [0.15, 0.2) is 0 Å². The zero-order valence-corrected chi connectivity index (χ0v) is 12.0. The minimum atomic E-state index is -0.512. The van der Waals surface area contributed by atoms with E-state index in [9.17, 15) is 4.79 Å². The third kappa shape index (κ3) is 3.95. The Bertz CT molecular complexity index is 257. The minimum Gasteiger partial charge on any atom is -0.465 e. The molecule has 1 N–H and O–H groups in total. The largest absolute Gasteiger partial charge is 0.465 e. The maximum absolute atomic E-state index is 12.1. The maximum atomic E-state index is 12.1. The van der Waals surface area contributed by atoms with Crippen molar-refractivity contribution in [3.8, 4) is 0 Å². The summed E-state index contributed by atoms with van der Waals surface area (Å²) in [6, 6.07) is 0. The summed E-state index contributed by atoms with van der Waals surface area (Å²) in [4.78, 5) is 12.1. The monoisotopic (exact) mass is 257 g/mol. The quantitative estimate of drug-likeness (QED) is 0.535. The summed E-state index contributed by atoms with van der Waals surface area (Å²) < 4.78 is 11.0. The molecular weight excluding hydrogens is 230 g/mol. The van der Waals surface area contributed by atoms with E-state index in [0.29, 0.717) is 6.61 Å². The minimum absolute atomic E-state index is 0.117. The van der Waals surface area contributed by atoms with E-state index in [0.717, 1.165) is 45.3 Å². The van der Waals surface area contributed by atoms with Gasteiger partial charge in [-0.1, -0.05) is 20.3 Å². The second-order valence-electron chi connectivity index (χ2n) is 4.92. The molecule has 2 unspecified atom stereocenters. The Morgan fingerprint density at radius 3 is 2.78 bits per heavy atom. The van der Waals surface area contributed by atoms with Crippen LogP contribution in [0.5, 0.6) is 0 Å². The third-order valence-corrected chi connectivity index (χ3v) is 3.50. The molecule has 0 aromatic carbocycles. The predicted molar refractivity (Wildman–Crippen MR) is 71.5 cm³/mol. The fourth-order valence-electron chi connectivity index (χ4n) is 2.56. The van der Waals surface area contributed by atoms with Gasteiger partial charge in [0.25, 0.3) is 0 Å². The van der Waals surface area contributed by atoms with Crippen molar-refractivity contribution in [3.63, 3.8) is 0 Å². The molecule has 0 heterocycles. The Morgan fingerprint density at radius 2 is 2.17 bits per heavy atom. The number of ether oxygens (including phenoxy) is 2. The second-order valence-corrected chi connectivity index (χ2v) is 4.92. The molecule has 0 saturated heterocycles. The van der Waals surface area contributed by atoms with Crippen LogP contribution in [0.3, 0.4) is 0 Å². The van der Waals surface area contributed by atoms with Crippen LogP contribution in [-0.4, -0.2) is 37.4 Å². The van der Waals surface area contributed by atoms with Crippen LogP contribution in [0, 0.1) is 0 Å². The van der Waals surface area contributed by atoms with Crippen molar-refractivity contribution < 1.29 is 14.3 Å². The van der Waals surface area contributed by atoms with Crippen molar-refractivity contribution in [2.45, 2.75) is 64.5 Å². The molecule has 106 valence electrons. The molecule has 0 radical (unpaired) electrons. The SMILES string of the molecule is CCCCOC1CCC(NCC)(C(=O)OCC)C1. The van der Waals surface area contributed by atoms with E-state index >= 15 is 0 Å². The predicted octanol–water partition coefficient (Wildman–Crippen LogP) is 2.27. The van der Waals surface area contributed by atoms with Crippen molar-refractivity contribution in [1.82, 2.24) is 5.32 Å². The summed E-state index contributed by atoms with van der Waals surface area (Å²) in [6.07, 6.45) is 4.92. The number of hydrogen-bond acceptors (Lipinski definition) is 4. The van der Waals surface area contributed by atoms with Crippen LogP contribution in [0.25, 0.3) is 0 Å². The highest BCUT2D eigenvalue weighted by Gasteiger charge is 2.46. The molecule has 0 aromatic heterocycles. The molecule has 1 aliphatic rings. The second kappa shape index (κ2) is 7.74. The molecule has 0 aliphatic heterocycles. The smallest absolute Gasteiger partial charge is 0.326 e. The molecule has 0 spiro atoms. The van der Waals surface area contributed by atoms with E-state index in [1.165, 1.54) is 0 Å². The first-order valence-corrected chi connectivity index (χ1v) is 7.22. The van der Waals surface area contributed by atoms with Gasteiger partial charge in [-0.25, -0.2) is 0 Å². The van der Waals surface area contributed by atoms with Gasteiger partial charge in [-0.05, 0) is 32.7 Å². The molecule has 4 nitrogen and oxygen atoms in total. The Morgan fingerprint density at radius 1 is 1.39 bits per heavy atom. The van der Waals surface area contributed by atoms with Gasteiger partial charge in [0.05, 0.1) is 12.7 Å². The van der Waals surface area contributed by atoms with Crippen molar-refractivity contribution in [2.24, 2.45) is 0 Å². The highest BCUT2D eigenvalue weighted by molar-refractivity contribution is 5.81. The molecule has 1 aliphatic carbocycles. The van der Waals surface area contributed by atoms with E-state index in [2.05, 4.69) is 12.2 Å². The average molecular weight is 257 g/mol. The van der Waals surface area contributed by atoms with E-state index in [1.807, 2.05) is 13.8 Å². The Balaban J connectivity index is 2.52. The van der Waals surface area contributed by atoms with Gasteiger partial charge >= 0.3 is 5.97 Å². The lowest BCUT2D eigenvalue weighted by Crippen LogP contribution is -2.51. The van der Waals surface area contributed by atoms with Crippen molar-refractivity contribution in [2.75, 3.05) is 19.8 Å². The summed E-state index contributed by atoms with van der Waals surface area (Å²) in [5.74, 6) is -0.117. The highest BCUT2D eigenvalue weighted by atomic mass is 16.5. The van der Waals surface area contributed by atoms with Crippen LogP contribution >= 0.6 is 0 Å². The van der Waals surface area contributed by atoms with Gasteiger partial charge < -0.3 is 14.8 Å². The van der Waals surface area contributed by atoms with Crippen molar-refractivity contribution in [1.29, 1.82) is 0 Å². The van der Waals surface area contributed by atoms with Gasteiger partial charge in [0.1, 0.15) is 5.54 Å². The van der Waals surface area contributed by atoms with Crippen LogP contribution in [0.4, 0.5) is 0 Å². The van der Waals surface area contributed by atoms with E-state index in [-0.39, 0.29) is 12.1 Å². The van der Waals surface area contributed by atoms with E-state index in [1.54, 1.807) is 0 Å². The van der Waals surface area contributed by atoms with Gasteiger partial charge in [-0.2, -0.15) is 0 Å². The van der Waals surface area contributed by atoms with Gasteiger partial charge in [0, 0.05) is 13.0 Å². The topological polar surface area (TPSA) is 47.6 Å². The molecule has 1 saturated carbocycles. The van der Waals surface area contributed by atoms with Crippen molar-refractivity contribution in [3.05, 3.63) is 0 Å². The first-order chi connectivity index (χ1) is 8.68. The first-order valence-electron chi connectivity index (χ1n) is 7.22. The van der Waals surface area contributed by atoms with Gasteiger partial charge in [0.2, 0.25) is 0 Å². The summed E-state index contributed by atoms with van der Waals surface area (Å²) in [5.41, 5.74) is -0.512. The number of unbranched alkanes of at least 4 members (excludes halogenated alkanes) is 1. The number of likely N-dealkylation sites (N-methyl/N-ethyl adjacent to an activating group) is 1. The molecule has 4 heteroatoms. The summed E-state index contributed by atoms with van der Waals surface area (Å²) in [6.45, 7) is 8.04. The van der Waals surface area contributed by atoms with E-state index < -0.39 is 5.54 Å². The number of esters is 1. The molecule has 0 bridgehead atoms. The van der Waals surface area contributed by atoms with Crippen LogP contribution < -0.4 is 5.32 Å². The third-order valence-electron chi connectivity index (χ3n) is 3.50. The van der Waals surface area contributed by atoms with Crippen LogP contribution in [0.1, 0.15) is 52.9 Å². The average Bonchev–Trinajstić information content (AvgIpc) is 2.75. The lowest BCUT2D eigenvalue weighted by Gasteiger charge is -2.27. The maximum Gasteiger partial charge on any atom is 0.326 e. The number of carbonyl (C=O) groups excluding carboxylic acids is 1. The number of nitrogens with one attached hydrogen (secondary N) is 1. The lowest BCUT2D eigenvalue weighted by molar-refractivity contribution is -0.151. The fraction of sp³-hybridized carbons (Fsp3) is 0.929. The highest BCUT2D eigenvalue weighted by Crippen LogP contribution is 2.33.